The first-order valence-corrected chi connectivity index (χ1v) is 14.6. The first-order chi connectivity index (χ1) is 17.7. The molecule has 2 bridgehead atoms. The van der Waals surface area contributed by atoms with E-state index in [9.17, 15) is 19.5 Å². The van der Waals surface area contributed by atoms with Crippen LogP contribution in [0.2, 0.25) is 0 Å². The van der Waals surface area contributed by atoms with Crippen molar-refractivity contribution in [1.82, 2.24) is 30.5 Å². The van der Waals surface area contributed by atoms with Crippen LogP contribution in [0.15, 0.2) is 24.3 Å². The van der Waals surface area contributed by atoms with Crippen LogP contribution in [0.4, 0.5) is 0 Å². The number of aromatic nitrogens is 3. The fourth-order valence-corrected chi connectivity index (χ4v) is 9.89. The number of para-hydroxylation sites is 1. The maximum absolute atomic E-state index is 14.1. The highest BCUT2D eigenvalue weighted by Crippen LogP contribution is 2.68. The van der Waals surface area contributed by atoms with Crippen molar-refractivity contribution in [3.05, 3.63) is 24.3 Å². The molecule has 3 aliphatic rings. The predicted octanol–water partition coefficient (Wildman–Crippen LogP) is 1.51. The Hall–Kier alpha value is -2.18. The van der Waals surface area contributed by atoms with Gasteiger partial charge in [-0.1, -0.05) is 54.0 Å². The Morgan fingerprint density at radius 3 is 2.73 bits per heavy atom. The highest BCUT2D eigenvalue weighted by molar-refractivity contribution is 9.09. The van der Waals surface area contributed by atoms with Crippen LogP contribution in [-0.4, -0.2) is 82.8 Å². The van der Waals surface area contributed by atoms with Gasteiger partial charge in [-0.05, 0) is 30.9 Å². The van der Waals surface area contributed by atoms with Gasteiger partial charge in [-0.15, -0.1) is 16.9 Å². The molecule has 2 aromatic rings. The lowest BCUT2D eigenvalue weighted by Gasteiger charge is -2.38. The quantitative estimate of drug-likeness (QED) is 0.376. The van der Waals surface area contributed by atoms with Crippen molar-refractivity contribution in [2.45, 2.75) is 67.2 Å². The van der Waals surface area contributed by atoms with E-state index in [1.54, 1.807) is 21.3 Å². The number of rotatable bonds is 9. The zero-order valence-electron chi connectivity index (χ0n) is 21.1. The fraction of sp³-hybridized carbons (Fsp3) is 0.640. The lowest BCUT2D eigenvalue weighted by Crippen LogP contribution is -2.58. The molecule has 12 heteroatoms. The molecule has 0 aliphatic carbocycles. The number of benzene rings is 1. The number of thioether (sulfide) groups is 1. The smallest absolute Gasteiger partial charge is 0.245 e. The van der Waals surface area contributed by atoms with Gasteiger partial charge in [-0.2, -0.15) is 0 Å². The first-order valence-electron chi connectivity index (χ1n) is 12.8. The summed E-state index contributed by atoms with van der Waals surface area (Å²) in [7, 11) is 0. The number of fused-ring (bicyclic) bond motifs is 2. The van der Waals surface area contributed by atoms with Crippen LogP contribution in [0, 0.1) is 17.8 Å². The third kappa shape index (κ3) is 4.15. The number of hydrogen-bond donors (Lipinski definition) is 3. The minimum atomic E-state index is -0.821. The molecule has 3 fully saturated rings. The summed E-state index contributed by atoms with van der Waals surface area (Å²) in [6.07, 6.45) is 1.39. The molecule has 1 aromatic heterocycles. The second-order valence-corrected chi connectivity index (χ2v) is 13.2. The molecule has 1 spiro atoms. The van der Waals surface area contributed by atoms with E-state index in [1.807, 2.05) is 45.0 Å². The van der Waals surface area contributed by atoms with Crippen molar-refractivity contribution in [2.24, 2.45) is 17.8 Å². The van der Waals surface area contributed by atoms with Crippen LogP contribution in [0.1, 0.15) is 33.6 Å². The van der Waals surface area contributed by atoms with E-state index in [0.717, 1.165) is 17.5 Å². The molecule has 1 aromatic carbocycles. The molecule has 0 radical (unpaired) electrons. The van der Waals surface area contributed by atoms with Crippen LogP contribution < -0.4 is 10.6 Å². The number of hydrogen-bond acceptors (Lipinski definition) is 7. The second-order valence-electron chi connectivity index (χ2n) is 10.5. The topological polar surface area (TPSA) is 129 Å². The van der Waals surface area contributed by atoms with Crippen molar-refractivity contribution < 1.29 is 19.5 Å². The van der Waals surface area contributed by atoms with E-state index in [-0.39, 0.29) is 47.0 Å². The molecule has 7 atom stereocenters. The van der Waals surface area contributed by atoms with Crippen molar-refractivity contribution in [2.75, 3.05) is 13.2 Å². The van der Waals surface area contributed by atoms with Gasteiger partial charge in [-0.3, -0.25) is 14.4 Å². The molecule has 5 rings (SSSR count). The number of nitrogens with zero attached hydrogens (tertiary/aromatic N) is 4. The lowest BCUT2D eigenvalue weighted by atomic mass is 9.70. The van der Waals surface area contributed by atoms with Gasteiger partial charge in [0.2, 0.25) is 17.7 Å². The number of alkyl halides is 1. The third-order valence-corrected chi connectivity index (χ3v) is 11.2. The van der Waals surface area contributed by atoms with Crippen molar-refractivity contribution in [3.63, 3.8) is 0 Å². The normalized spacial score (nSPS) is 31.2. The summed E-state index contributed by atoms with van der Waals surface area (Å²) in [4.78, 5) is 43.0. The number of halogens is 1. The Labute approximate surface area is 228 Å². The molecule has 3 aliphatic heterocycles. The van der Waals surface area contributed by atoms with E-state index in [1.165, 1.54) is 0 Å². The molecule has 0 saturated carbocycles. The van der Waals surface area contributed by atoms with Crippen LogP contribution in [0.3, 0.4) is 0 Å². The number of likely N-dealkylation sites (tertiary alicyclic amines) is 1. The molecular weight excluding hydrogens is 560 g/mol. The number of carbonyl (C=O) groups excluding carboxylic acids is 3. The van der Waals surface area contributed by atoms with Gasteiger partial charge < -0.3 is 20.6 Å². The van der Waals surface area contributed by atoms with Crippen LogP contribution >= 0.6 is 27.7 Å². The number of nitrogens with one attached hydrogen (secondary N) is 2. The van der Waals surface area contributed by atoms with Crippen molar-refractivity contribution in [1.29, 1.82) is 0 Å². The largest absolute Gasteiger partial charge is 0.394 e. The predicted molar refractivity (Wildman–Crippen MR) is 144 cm³/mol. The van der Waals surface area contributed by atoms with Gasteiger partial charge in [0, 0.05) is 16.6 Å². The van der Waals surface area contributed by atoms with Crippen molar-refractivity contribution >= 4 is 56.4 Å². The number of aliphatic hydroxyl groups excluding tert-OH is 1. The maximum atomic E-state index is 14.1. The molecule has 4 heterocycles. The lowest BCUT2D eigenvalue weighted by molar-refractivity contribution is -0.143. The van der Waals surface area contributed by atoms with E-state index in [2.05, 4.69) is 36.9 Å². The molecule has 37 heavy (non-hydrogen) atoms. The first kappa shape index (κ1) is 26.4. The minimum absolute atomic E-state index is 0.0000575. The highest BCUT2D eigenvalue weighted by Gasteiger charge is 2.76. The summed E-state index contributed by atoms with van der Waals surface area (Å²) >= 11 is 5.36. The SMILES string of the molecule is CCCNC(=O)[C@H]1[C@H]2C(=O)N([C@@H](CO)C(C)C)C(C(=O)NCn3nnc4ccccc43)C23CC(Br)[C@@H]1S3. The van der Waals surface area contributed by atoms with Gasteiger partial charge in [-0.25, -0.2) is 4.68 Å². The standard InChI is InChI=1S/C25H33BrN6O4S/c1-4-9-27-22(34)18-19-24(36)32(17(11-33)13(2)3)21(25(19)10-14(26)20(18)37-25)23(35)28-12-31-16-8-6-5-7-15(16)29-30-31/h5-8,13-14,17-21,33H,4,9-12H2,1-3H3,(H,27,34)(H,28,35)/t14?,17-,18-,19-,20-,21?,25?/m0/s1. The zero-order valence-corrected chi connectivity index (χ0v) is 23.5. The molecular formula is C25H33BrN6O4S. The Kier molecular flexibility index (Phi) is 7.27. The Morgan fingerprint density at radius 1 is 1.27 bits per heavy atom. The Bertz CT molecular complexity index is 1210. The zero-order chi connectivity index (χ0) is 26.5. The van der Waals surface area contributed by atoms with Gasteiger partial charge in [0.05, 0.1) is 34.7 Å². The van der Waals surface area contributed by atoms with Gasteiger partial charge in [0.1, 0.15) is 18.2 Å². The summed E-state index contributed by atoms with van der Waals surface area (Å²) in [5.74, 6) is -1.89. The average Bonchev–Trinajstić information content (AvgIpc) is 3.59. The minimum Gasteiger partial charge on any atom is -0.394 e. The summed E-state index contributed by atoms with van der Waals surface area (Å²) in [6.45, 7) is 6.22. The van der Waals surface area contributed by atoms with E-state index >= 15 is 0 Å². The van der Waals surface area contributed by atoms with Crippen molar-refractivity contribution in [3.8, 4) is 0 Å². The number of amides is 3. The molecule has 3 N–H and O–H groups in total. The third-order valence-electron chi connectivity index (χ3n) is 7.96. The van der Waals surface area contributed by atoms with Gasteiger partial charge in [0.25, 0.3) is 0 Å². The van der Waals surface area contributed by atoms with E-state index < -0.39 is 28.7 Å². The van der Waals surface area contributed by atoms with Crippen LogP contribution in [0.5, 0.6) is 0 Å². The average molecular weight is 594 g/mol. The second kappa shape index (κ2) is 10.2. The monoisotopic (exact) mass is 592 g/mol. The summed E-state index contributed by atoms with van der Waals surface area (Å²) in [5, 5.41) is 24.5. The van der Waals surface area contributed by atoms with E-state index in [4.69, 9.17) is 0 Å². The molecule has 200 valence electrons. The summed E-state index contributed by atoms with van der Waals surface area (Å²) in [6, 6.07) is 6.13. The van der Waals surface area contributed by atoms with Crippen LogP contribution in [0.25, 0.3) is 11.0 Å². The summed E-state index contributed by atoms with van der Waals surface area (Å²) < 4.78 is 0.851. The van der Waals surface area contributed by atoms with Crippen LogP contribution in [-0.2, 0) is 21.1 Å². The summed E-state index contributed by atoms with van der Waals surface area (Å²) in [5.41, 5.74) is 1.51. The molecule has 3 saturated heterocycles. The number of carbonyl (C=O) groups is 3. The van der Waals surface area contributed by atoms with Gasteiger partial charge in [0.15, 0.2) is 0 Å². The van der Waals surface area contributed by atoms with Gasteiger partial charge >= 0.3 is 0 Å². The maximum Gasteiger partial charge on any atom is 0.245 e. The Balaban J connectivity index is 1.49. The highest BCUT2D eigenvalue weighted by atomic mass is 79.9. The molecule has 10 nitrogen and oxygen atoms in total. The fourth-order valence-electron chi connectivity index (χ4n) is 6.29. The molecule has 3 amide bonds. The number of aliphatic hydroxyl groups is 1. The molecule has 3 unspecified atom stereocenters. The Morgan fingerprint density at radius 2 is 2.03 bits per heavy atom. The van der Waals surface area contributed by atoms with E-state index in [0.29, 0.717) is 13.0 Å².